The number of benzene rings is 2. The Bertz CT molecular complexity index is 671. The molecule has 0 aliphatic rings. The maximum atomic E-state index is 11.1. The van der Waals surface area contributed by atoms with Gasteiger partial charge in [-0.25, -0.2) is 9.59 Å². The van der Waals surface area contributed by atoms with Gasteiger partial charge in [-0.3, -0.25) is 0 Å². The van der Waals surface area contributed by atoms with Crippen LogP contribution in [-0.2, 0) is 9.53 Å². The van der Waals surface area contributed by atoms with Crippen LogP contribution in [0.1, 0.15) is 15.9 Å². The number of hydrogen-bond donors (Lipinski definition) is 1. The molecule has 0 fully saturated rings. The second-order valence-electron chi connectivity index (χ2n) is 3.91. The largest absolute Gasteiger partial charge is 0.478 e. The lowest BCUT2D eigenvalue weighted by atomic mass is 10.00. The predicted molar refractivity (Wildman–Crippen MR) is 72.0 cm³/mol. The van der Waals surface area contributed by atoms with Crippen LogP contribution < -0.4 is 0 Å². The SMILES string of the molecule is COC(=O)C=Cc1cccc2c(C(=O)O)cccc12. The van der Waals surface area contributed by atoms with E-state index in [1.807, 2.05) is 12.1 Å². The number of esters is 1. The van der Waals surface area contributed by atoms with E-state index in [1.54, 1.807) is 30.3 Å². The maximum Gasteiger partial charge on any atom is 0.336 e. The van der Waals surface area contributed by atoms with Crippen molar-refractivity contribution in [1.29, 1.82) is 0 Å². The first kappa shape index (κ1) is 12.8. The number of carbonyl (C=O) groups is 2. The quantitative estimate of drug-likeness (QED) is 0.677. The minimum Gasteiger partial charge on any atom is -0.478 e. The van der Waals surface area contributed by atoms with E-state index in [2.05, 4.69) is 4.74 Å². The minimum absolute atomic E-state index is 0.241. The molecule has 0 saturated carbocycles. The fourth-order valence-corrected chi connectivity index (χ4v) is 1.89. The minimum atomic E-state index is -0.973. The van der Waals surface area contributed by atoms with Gasteiger partial charge in [0.1, 0.15) is 0 Å². The summed E-state index contributed by atoms with van der Waals surface area (Å²) in [6, 6.07) is 10.4. The Morgan fingerprint density at radius 1 is 1.11 bits per heavy atom. The molecule has 2 aromatic carbocycles. The number of carboxylic acid groups (broad SMARTS) is 1. The van der Waals surface area contributed by atoms with Gasteiger partial charge < -0.3 is 9.84 Å². The smallest absolute Gasteiger partial charge is 0.336 e. The summed E-state index contributed by atoms with van der Waals surface area (Å²) in [6.07, 6.45) is 2.92. The van der Waals surface area contributed by atoms with Gasteiger partial charge in [-0.05, 0) is 28.5 Å². The van der Waals surface area contributed by atoms with E-state index in [9.17, 15) is 9.59 Å². The third-order valence-electron chi connectivity index (χ3n) is 2.79. The molecule has 2 aromatic rings. The average molecular weight is 256 g/mol. The third-order valence-corrected chi connectivity index (χ3v) is 2.79. The molecule has 19 heavy (non-hydrogen) atoms. The van der Waals surface area contributed by atoms with Crippen LogP contribution in [0.4, 0.5) is 0 Å². The average Bonchev–Trinajstić information content (AvgIpc) is 2.43. The van der Waals surface area contributed by atoms with Gasteiger partial charge in [0.15, 0.2) is 0 Å². The maximum absolute atomic E-state index is 11.1. The zero-order valence-corrected chi connectivity index (χ0v) is 10.3. The summed E-state index contributed by atoms with van der Waals surface area (Å²) in [5.41, 5.74) is 1.01. The molecule has 1 N–H and O–H groups in total. The molecule has 0 amide bonds. The molecule has 0 spiro atoms. The monoisotopic (exact) mass is 256 g/mol. The predicted octanol–water partition coefficient (Wildman–Crippen LogP) is 2.72. The molecule has 0 bridgehead atoms. The van der Waals surface area contributed by atoms with E-state index in [4.69, 9.17) is 5.11 Å². The van der Waals surface area contributed by atoms with E-state index in [1.165, 1.54) is 13.2 Å². The molecule has 0 aromatic heterocycles. The van der Waals surface area contributed by atoms with Crippen molar-refractivity contribution in [2.45, 2.75) is 0 Å². The summed E-state index contributed by atoms with van der Waals surface area (Å²) in [7, 11) is 1.30. The van der Waals surface area contributed by atoms with E-state index < -0.39 is 11.9 Å². The summed E-state index contributed by atoms with van der Waals surface area (Å²) >= 11 is 0. The van der Waals surface area contributed by atoms with Crippen LogP contribution >= 0.6 is 0 Å². The number of fused-ring (bicyclic) bond motifs is 1. The van der Waals surface area contributed by atoms with Crippen LogP contribution in [0.15, 0.2) is 42.5 Å². The van der Waals surface area contributed by atoms with Crippen molar-refractivity contribution in [3.63, 3.8) is 0 Å². The molecule has 4 heteroatoms. The number of carboxylic acids is 1. The Morgan fingerprint density at radius 2 is 1.79 bits per heavy atom. The molecule has 0 radical (unpaired) electrons. The number of methoxy groups -OCH3 is 1. The Hall–Kier alpha value is -2.62. The lowest BCUT2D eigenvalue weighted by Crippen LogP contribution is -1.97. The number of rotatable bonds is 3. The lowest BCUT2D eigenvalue weighted by molar-refractivity contribution is -0.134. The van der Waals surface area contributed by atoms with Crippen LogP contribution in [0.3, 0.4) is 0 Å². The van der Waals surface area contributed by atoms with Crippen molar-refractivity contribution >= 4 is 28.8 Å². The summed E-state index contributed by atoms with van der Waals surface area (Å²) in [6.45, 7) is 0. The Kier molecular flexibility index (Phi) is 3.61. The Balaban J connectivity index is 2.58. The molecular formula is C15H12O4. The zero-order valence-electron chi connectivity index (χ0n) is 10.3. The molecule has 0 aliphatic heterocycles. The first-order chi connectivity index (χ1) is 9.13. The van der Waals surface area contributed by atoms with Gasteiger partial charge in [-0.15, -0.1) is 0 Å². The van der Waals surface area contributed by atoms with Gasteiger partial charge in [-0.2, -0.15) is 0 Å². The van der Waals surface area contributed by atoms with E-state index in [0.29, 0.717) is 5.39 Å². The van der Waals surface area contributed by atoms with Crippen molar-refractivity contribution in [2.75, 3.05) is 7.11 Å². The number of ether oxygens (including phenoxy) is 1. The first-order valence-electron chi connectivity index (χ1n) is 5.64. The summed E-state index contributed by atoms with van der Waals surface area (Å²) < 4.78 is 4.53. The summed E-state index contributed by atoms with van der Waals surface area (Å²) in [5.74, 6) is -1.42. The van der Waals surface area contributed by atoms with Crippen molar-refractivity contribution in [2.24, 2.45) is 0 Å². The molecule has 4 nitrogen and oxygen atoms in total. The highest BCUT2D eigenvalue weighted by atomic mass is 16.5. The third kappa shape index (κ3) is 2.63. The van der Waals surface area contributed by atoms with Crippen molar-refractivity contribution in [3.8, 4) is 0 Å². The molecule has 0 heterocycles. The van der Waals surface area contributed by atoms with Gasteiger partial charge in [0, 0.05) is 6.08 Å². The van der Waals surface area contributed by atoms with E-state index >= 15 is 0 Å². The lowest BCUT2D eigenvalue weighted by Gasteiger charge is -2.05. The van der Waals surface area contributed by atoms with Gasteiger partial charge >= 0.3 is 11.9 Å². The second kappa shape index (κ2) is 5.35. The molecule has 2 rings (SSSR count). The van der Waals surface area contributed by atoms with Crippen LogP contribution in [0, 0.1) is 0 Å². The summed E-state index contributed by atoms with van der Waals surface area (Å²) in [4.78, 5) is 22.2. The van der Waals surface area contributed by atoms with E-state index in [0.717, 1.165) is 10.9 Å². The molecule has 0 saturated heterocycles. The molecule has 96 valence electrons. The Morgan fingerprint density at radius 3 is 2.47 bits per heavy atom. The standard InChI is InChI=1S/C15H12O4/c1-19-14(16)9-8-10-4-2-6-12-11(10)5-3-7-13(12)15(17)18/h2-9H,1H3,(H,17,18). The van der Waals surface area contributed by atoms with Gasteiger partial charge in [0.2, 0.25) is 0 Å². The molecule has 0 unspecified atom stereocenters. The van der Waals surface area contributed by atoms with Crippen LogP contribution in [0.25, 0.3) is 16.8 Å². The van der Waals surface area contributed by atoms with E-state index in [-0.39, 0.29) is 5.56 Å². The van der Waals surface area contributed by atoms with Crippen LogP contribution in [0.5, 0.6) is 0 Å². The molecule has 0 atom stereocenters. The molecular weight excluding hydrogens is 244 g/mol. The summed E-state index contributed by atoms with van der Waals surface area (Å²) in [5, 5.41) is 10.6. The fourth-order valence-electron chi connectivity index (χ4n) is 1.89. The van der Waals surface area contributed by atoms with Crippen LogP contribution in [0.2, 0.25) is 0 Å². The van der Waals surface area contributed by atoms with Gasteiger partial charge in [-0.1, -0.05) is 30.3 Å². The zero-order chi connectivity index (χ0) is 13.8. The second-order valence-corrected chi connectivity index (χ2v) is 3.91. The highest BCUT2D eigenvalue weighted by Crippen LogP contribution is 2.23. The number of aromatic carboxylic acids is 1. The van der Waals surface area contributed by atoms with Crippen molar-refractivity contribution < 1.29 is 19.4 Å². The van der Waals surface area contributed by atoms with Crippen LogP contribution in [-0.4, -0.2) is 24.2 Å². The fraction of sp³-hybridized carbons (Fsp3) is 0.0667. The topological polar surface area (TPSA) is 63.6 Å². The highest BCUT2D eigenvalue weighted by Gasteiger charge is 2.08. The van der Waals surface area contributed by atoms with Gasteiger partial charge in [0.05, 0.1) is 12.7 Å². The number of hydrogen-bond acceptors (Lipinski definition) is 3. The van der Waals surface area contributed by atoms with Crippen molar-refractivity contribution in [1.82, 2.24) is 0 Å². The normalized spacial score (nSPS) is 10.8. The first-order valence-corrected chi connectivity index (χ1v) is 5.64. The van der Waals surface area contributed by atoms with Crippen molar-refractivity contribution in [3.05, 3.63) is 53.6 Å². The highest BCUT2D eigenvalue weighted by molar-refractivity contribution is 6.06. The Labute approximate surface area is 109 Å². The number of carbonyl (C=O) groups excluding carboxylic acids is 1. The molecule has 0 aliphatic carbocycles. The van der Waals surface area contributed by atoms with Gasteiger partial charge in [0.25, 0.3) is 0 Å².